The highest BCUT2D eigenvalue weighted by atomic mass is 35.5. The Morgan fingerprint density at radius 1 is 1.24 bits per heavy atom. The second-order valence-electron chi connectivity index (χ2n) is 4.73. The standard InChI is InChI=1S/C17H13ClO3/c18-8-7-14-13-4-2-1-3-12(13)10-21-16-6-5-11(17(19)20)9-15(14)16/h1-7,9H,8,10H2,(H,19,20)/b14-7-. The smallest absolute Gasteiger partial charge is 0.335 e. The summed E-state index contributed by atoms with van der Waals surface area (Å²) in [7, 11) is 0. The maximum atomic E-state index is 11.2. The summed E-state index contributed by atoms with van der Waals surface area (Å²) >= 11 is 5.89. The Bertz CT molecular complexity index is 735. The molecule has 0 saturated heterocycles. The van der Waals surface area contributed by atoms with Gasteiger partial charge in [-0.1, -0.05) is 30.3 Å². The molecule has 0 aliphatic carbocycles. The highest BCUT2D eigenvalue weighted by molar-refractivity contribution is 6.19. The Hall–Kier alpha value is -2.26. The number of hydrogen-bond acceptors (Lipinski definition) is 2. The van der Waals surface area contributed by atoms with Crippen molar-refractivity contribution in [3.8, 4) is 5.75 Å². The molecule has 1 aliphatic heterocycles. The molecule has 0 fully saturated rings. The molecule has 2 aromatic rings. The first kappa shape index (κ1) is 13.7. The number of carboxylic acid groups (broad SMARTS) is 1. The Kier molecular flexibility index (Phi) is 3.67. The predicted molar refractivity (Wildman–Crippen MR) is 82.0 cm³/mol. The molecule has 1 aliphatic rings. The van der Waals surface area contributed by atoms with Gasteiger partial charge < -0.3 is 9.84 Å². The molecule has 0 amide bonds. The van der Waals surface area contributed by atoms with Gasteiger partial charge in [-0.15, -0.1) is 11.6 Å². The van der Waals surface area contributed by atoms with E-state index in [1.165, 1.54) is 0 Å². The van der Waals surface area contributed by atoms with Crippen molar-refractivity contribution < 1.29 is 14.6 Å². The molecular weight excluding hydrogens is 288 g/mol. The lowest BCUT2D eigenvalue weighted by atomic mass is 9.93. The van der Waals surface area contributed by atoms with Gasteiger partial charge in [0.1, 0.15) is 12.4 Å². The normalized spacial score (nSPS) is 14.8. The molecule has 0 saturated carbocycles. The molecule has 1 heterocycles. The van der Waals surface area contributed by atoms with Crippen LogP contribution in [0.15, 0.2) is 48.5 Å². The van der Waals surface area contributed by atoms with Crippen LogP contribution in [-0.4, -0.2) is 17.0 Å². The molecule has 3 nitrogen and oxygen atoms in total. The lowest BCUT2D eigenvalue weighted by Crippen LogP contribution is -1.99. The molecule has 0 bridgehead atoms. The molecular formula is C17H13ClO3. The number of rotatable bonds is 2. The monoisotopic (exact) mass is 300 g/mol. The summed E-state index contributed by atoms with van der Waals surface area (Å²) in [6.45, 7) is 0.454. The van der Waals surface area contributed by atoms with Gasteiger partial charge in [0.05, 0.1) is 5.56 Å². The van der Waals surface area contributed by atoms with Gasteiger partial charge in [-0.25, -0.2) is 4.79 Å². The van der Waals surface area contributed by atoms with Crippen LogP contribution in [0.25, 0.3) is 5.57 Å². The second-order valence-corrected chi connectivity index (χ2v) is 5.04. The number of carboxylic acids is 1. The fraction of sp³-hybridized carbons (Fsp3) is 0.118. The Labute approximate surface area is 127 Å². The fourth-order valence-corrected chi connectivity index (χ4v) is 2.66. The van der Waals surface area contributed by atoms with Gasteiger partial charge in [-0.2, -0.15) is 0 Å². The van der Waals surface area contributed by atoms with E-state index in [2.05, 4.69) is 0 Å². The summed E-state index contributed by atoms with van der Waals surface area (Å²) in [5, 5.41) is 9.18. The lowest BCUT2D eigenvalue weighted by Gasteiger charge is -2.10. The quantitative estimate of drug-likeness (QED) is 0.854. The Morgan fingerprint density at radius 2 is 2.05 bits per heavy atom. The van der Waals surface area contributed by atoms with Crippen molar-refractivity contribution in [3.05, 3.63) is 70.8 Å². The third-order valence-electron chi connectivity index (χ3n) is 3.49. The molecule has 0 atom stereocenters. The van der Waals surface area contributed by atoms with Crippen LogP contribution in [-0.2, 0) is 6.61 Å². The van der Waals surface area contributed by atoms with E-state index in [4.69, 9.17) is 16.3 Å². The van der Waals surface area contributed by atoms with E-state index in [0.717, 1.165) is 22.3 Å². The third-order valence-corrected chi connectivity index (χ3v) is 3.64. The lowest BCUT2D eigenvalue weighted by molar-refractivity contribution is 0.0697. The summed E-state index contributed by atoms with van der Waals surface area (Å²) in [6.07, 6.45) is 1.89. The van der Waals surface area contributed by atoms with Gasteiger partial charge in [0, 0.05) is 11.4 Å². The number of benzene rings is 2. The largest absolute Gasteiger partial charge is 0.488 e. The van der Waals surface area contributed by atoms with Crippen molar-refractivity contribution in [2.45, 2.75) is 6.61 Å². The summed E-state index contributed by atoms with van der Waals surface area (Å²) < 4.78 is 5.81. The zero-order valence-electron chi connectivity index (χ0n) is 11.2. The van der Waals surface area contributed by atoms with Crippen molar-refractivity contribution in [3.63, 3.8) is 0 Å². The maximum Gasteiger partial charge on any atom is 0.335 e. The van der Waals surface area contributed by atoms with E-state index < -0.39 is 5.97 Å². The predicted octanol–water partition coefficient (Wildman–Crippen LogP) is 3.95. The summed E-state index contributed by atoms with van der Waals surface area (Å²) in [6, 6.07) is 12.8. The van der Waals surface area contributed by atoms with Crippen molar-refractivity contribution >= 4 is 23.1 Å². The number of carbonyl (C=O) groups is 1. The van der Waals surface area contributed by atoms with Crippen LogP contribution in [0.3, 0.4) is 0 Å². The average Bonchev–Trinajstić information content (AvgIpc) is 2.65. The van der Waals surface area contributed by atoms with Gasteiger partial charge in [-0.3, -0.25) is 0 Å². The molecule has 0 radical (unpaired) electrons. The minimum atomic E-state index is -0.958. The van der Waals surface area contributed by atoms with Crippen LogP contribution in [0.2, 0.25) is 0 Å². The van der Waals surface area contributed by atoms with Gasteiger partial charge in [0.15, 0.2) is 0 Å². The van der Waals surface area contributed by atoms with Crippen molar-refractivity contribution in [1.29, 1.82) is 0 Å². The number of alkyl halides is 1. The average molecular weight is 301 g/mol. The number of halogens is 1. The van der Waals surface area contributed by atoms with Crippen LogP contribution in [0, 0.1) is 0 Å². The van der Waals surface area contributed by atoms with Crippen molar-refractivity contribution in [1.82, 2.24) is 0 Å². The maximum absolute atomic E-state index is 11.2. The molecule has 1 N–H and O–H groups in total. The van der Waals surface area contributed by atoms with Crippen LogP contribution >= 0.6 is 11.6 Å². The van der Waals surface area contributed by atoms with Crippen molar-refractivity contribution in [2.75, 3.05) is 5.88 Å². The summed E-state index contributed by atoms with van der Waals surface area (Å²) in [5.41, 5.74) is 4.00. The molecule has 0 aromatic heterocycles. The highest BCUT2D eigenvalue weighted by Gasteiger charge is 2.20. The zero-order valence-corrected chi connectivity index (χ0v) is 11.9. The minimum Gasteiger partial charge on any atom is -0.488 e. The molecule has 0 spiro atoms. The van der Waals surface area contributed by atoms with Crippen LogP contribution in [0.1, 0.15) is 27.0 Å². The molecule has 4 heteroatoms. The highest BCUT2D eigenvalue weighted by Crippen LogP contribution is 2.37. The SMILES string of the molecule is O=C(O)c1ccc2c(c1)/C(=C\CCl)c1ccccc1CO2. The van der Waals surface area contributed by atoms with E-state index in [0.29, 0.717) is 18.2 Å². The fourth-order valence-electron chi connectivity index (χ4n) is 2.51. The van der Waals surface area contributed by atoms with Crippen LogP contribution in [0.5, 0.6) is 5.75 Å². The number of aromatic carboxylic acids is 1. The van der Waals surface area contributed by atoms with Gasteiger partial charge in [0.25, 0.3) is 0 Å². The zero-order chi connectivity index (χ0) is 14.8. The molecule has 3 rings (SSSR count). The van der Waals surface area contributed by atoms with E-state index in [1.54, 1.807) is 18.2 Å². The van der Waals surface area contributed by atoms with E-state index >= 15 is 0 Å². The van der Waals surface area contributed by atoms with Gasteiger partial charge >= 0.3 is 5.97 Å². The number of allylic oxidation sites excluding steroid dienone is 1. The van der Waals surface area contributed by atoms with Gasteiger partial charge in [-0.05, 0) is 34.9 Å². The molecule has 0 unspecified atom stereocenters. The van der Waals surface area contributed by atoms with Crippen LogP contribution in [0.4, 0.5) is 0 Å². The number of fused-ring (bicyclic) bond motifs is 2. The first-order valence-electron chi connectivity index (χ1n) is 6.55. The molecule has 21 heavy (non-hydrogen) atoms. The van der Waals surface area contributed by atoms with Crippen molar-refractivity contribution in [2.24, 2.45) is 0 Å². The second kappa shape index (κ2) is 5.62. The number of hydrogen-bond donors (Lipinski definition) is 1. The first-order chi connectivity index (χ1) is 10.2. The van der Waals surface area contributed by atoms with Crippen LogP contribution < -0.4 is 4.74 Å². The van der Waals surface area contributed by atoms with E-state index in [-0.39, 0.29) is 5.56 Å². The molecule has 106 valence electrons. The minimum absolute atomic E-state index is 0.234. The molecule has 2 aromatic carbocycles. The topological polar surface area (TPSA) is 46.5 Å². The Morgan fingerprint density at radius 3 is 2.81 bits per heavy atom. The first-order valence-corrected chi connectivity index (χ1v) is 7.09. The number of ether oxygens (including phenoxy) is 1. The van der Waals surface area contributed by atoms with E-state index in [1.807, 2.05) is 30.3 Å². The summed E-state index contributed by atoms with van der Waals surface area (Å²) in [5.74, 6) is 0.0635. The third kappa shape index (κ3) is 2.52. The van der Waals surface area contributed by atoms with E-state index in [9.17, 15) is 9.90 Å². The van der Waals surface area contributed by atoms with Gasteiger partial charge in [0.2, 0.25) is 0 Å². The summed E-state index contributed by atoms with van der Waals surface area (Å²) in [4.78, 5) is 11.2. The Balaban J connectivity index is 2.24.